The summed E-state index contributed by atoms with van der Waals surface area (Å²) in [4.78, 5) is 0. The van der Waals surface area contributed by atoms with Crippen molar-refractivity contribution in [3.05, 3.63) is 0 Å². The molecule has 2 fully saturated rings. The van der Waals surface area contributed by atoms with Gasteiger partial charge < -0.3 is 18.0 Å². The monoisotopic (exact) mass is 344 g/mol. The molecule has 1 heterocycles. The SMILES string of the molecule is CCCCC(C[Si](OCC)(OCC)OCC)C1CCC2OC2C1. The number of unbranched alkanes of at least 4 members (excludes halogenated alkanes) is 1. The molecule has 2 aliphatic rings. The van der Waals surface area contributed by atoms with Crippen molar-refractivity contribution in [2.24, 2.45) is 11.8 Å². The summed E-state index contributed by atoms with van der Waals surface area (Å²) in [6.45, 7) is 10.4. The van der Waals surface area contributed by atoms with Gasteiger partial charge in [0.2, 0.25) is 0 Å². The van der Waals surface area contributed by atoms with Gasteiger partial charge in [-0.1, -0.05) is 26.2 Å². The van der Waals surface area contributed by atoms with Gasteiger partial charge in [-0.05, 0) is 51.9 Å². The molecule has 1 aliphatic carbocycles. The maximum Gasteiger partial charge on any atom is 0.501 e. The van der Waals surface area contributed by atoms with Crippen LogP contribution in [0.2, 0.25) is 6.04 Å². The zero-order chi connectivity index (χ0) is 16.7. The van der Waals surface area contributed by atoms with Gasteiger partial charge in [0, 0.05) is 25.9 Å². The zero-order valence-corrected chi connectivity index (χ0v) is 16.5. The topological polar surface area (TPSA) is 40.2 Å². The Morgan fingerprint density at radius 1 is 0.957 bits per heavy atom. The summed E-state index contributed by atoms with van der Waals surface area (Å²) in [7, 11) is -2.54. The van der Waals surface area contributed by atoms with Crippen LogP contribution in [-0.2, 0) is 18.0 Å². The van der Waals surface area contributed by atoms with Crippen LogP contribution in [0.1, 0.15) is 66.2 Å². The fourth-order valence-corrected chi connectivity index (χ4v) is 7.22. The van der Waals surface area contributed by atoms with Crippen molar-refractivity contribution in [3.8, 4) is 0 Å². The summed E-state index contributed by atoms with van der Waals surface area (Å²) in [5.41, 5.74) is 0. The highest BCUT2D eigenvalue weighted by Gasteiger charge is 2.49. The van der Waals surface area contributed by atoms with Crippen LogP contribution in [0.25, 0.3) is 0 Å². The van der Waals surface area contributed by atoms with Crippen molar-refractivity contribution >= 4 is 8.80 Å². The van der Waals surface area contributed by atoms with E-state index in [1.807, 2.05) is 20.8 Å². The second kappa shape index (κ2) is 9.52. The van der Waals surface area contributed by atoms with Crippen LogP contribution in [0.3, 0.4) is 0 Å². The maximum atomic E-state index is 6.11. The standard InChI is InChI=1S/C18H36O4Si/c1-5-9-10-16(15-11-12-17-18(13-15)22-17)14-23(19-6-2,20-7-3)21-8-4/h15-18H,5-14H2,1-4H3. The van der Waals surface area contributed by atoms with Crippen LogP contribution in [0, 0.1) is 11.8 Å². The smallest absolute Gasteiger partial charge is 0.374 e. The number of hydrogen-bond acceptors (Lipinski definition) is 4. The average molecular weight is 345 g/mol. The molecule has 0 aromatic rings. The second-order valence-corrected chi connectivity index (χ2v) is 9.51. The number of epoxide rings is 1. The predicted molar refractivity (Wildman–Crippen MR) is 94.5 cm³/mol. The van der Waals surface area contributed by atoms with E-state index in [2.05, 4.69) is 6.92 Å². The lowest BCUT2D eigenvalue weighted by atomic mass is 9.79. The van der Waals surface area contributed by atoms with Gasteiger partial charge in [-0.2, -0.15) is 0 Å². The highest BCUT2D eigenvalue weighted by atomic mass is 28.4. The molecule has 4 nitrogen and oxygen atoms in total. The first kappa shape index (κ1) is 19.4. The van der Waals surface area contributed by atoms with E-state index in [1.165, 1.54) is 38.5 Å². The van der Waals surface area contributed by atoms with Gasteiger partial charge in [0.05, 0.1) is 12.2 Å². The second-order valence-electron chi connectivity index (χ2n) is 6.87. The van der Waals surface area contributed by atoms with Gasteiger partial charge in [0.25, 0.3) is 0 Å². The van der Waals surface area contributed by atoms with E-state index in [-0.39, 0.29) is 0 Å². The summed E-state index contributed by atoms with van der Waals surface area (Å²) < 4.78 is 24.1. The van der Waals surface area contributed by atoms with Crippen molar-refractivity contribution < 1.29 is 18.0 Å². The number of rotatable bonds is 12. The fourth-order valence-electron chi connectivity index (χ4n) is 4.12. The molecular weight excluding hydrogens is 308 g/mol. The summed E-state index contributed by atoms with van der Waals surface area (Å²) in [6.07, 6.45) is 8.68. The molecule has 1 saturated carbocycles. The minimum absolute atomic E-state index is 0.542. The molecular formula is C18H36O4Si. The Balaban J connectivity index is 2.04. The van der Waals surface area contributed by atoms with Gasteiger partial charge in [-0.3, -0.25) is 0 Å². The lowest BCUT2D eigenvalue weighted by molar-refractivity contribution is 0.0616. The molecule has 0 bridgehead atoms. The molecule has 1 saturated heterocycles. The van der Waals surface area contributed by atoms with E-state index in [0.29, 0.717) is 37.9 Å². The Morgan fingerprint density at radius 2 is 1.61 bits per heavy atom. The largest absolute Gasteiger partial charge is 0.501 e. The van der Waals surface area contributed by atoms with Gasteiger partial charge in [0.15, 0.2) is 0 Å². The van der Waals surface area contributed by atoms with Crippen molar-refractivity contribution in [2.75, 3.05) is 19.8 Å². The Hall–Kier alpha value is 0.0569. The van der Waals surface area contributed by atoms with E-state index in [1.54, 1.807) is 0 Å². The van der Waals surface area contributed by atoms with Crippen molar-refractivity contribution in [3.63, 3.8) is 0 Å². The molecule has 0 amide bonds. The molecule has 0 N–H and O–H groups in total. The van der Waals surface area contributed by atoms with Crippen molar-refractivity contribution in [1.29, 1.82) is 0 Å². The van der Waals surface area contributed by atoms with Crippen LogP contribution in [0.4, 0.5) is 0 Å². The normalized spacial score (nSPS) is 28.4. The molecule has 23 heavy (non-hydrogen) atoms. The van der Waals surface area contributed by atoms with Gasteiger partial charge in [-0.15, -0.1) is 0 Å². The first-order valence-corrected chi connectivity index (χ1v) is 11.7. The average Bonchev–Trinajstić information content (AvgIpc) is 3.30. The lowest BCUT2D eigenvalue weighted by Crippen LogP contribution is -2.48. The summed E-state index contributed by atoms with van der Waals surface area (Å²) in [5.74, 6) is 1.40. The van der Waals surface area contributed by atoms with E-state index >= 15 is 0 Å². The van der Waals surface area contributed by atoms with Crippen LogP contribution in [-0.4, -0.2) is 40.8 Å². The van der Waals surface area contributed by atoms with Crippen LogP contribution in [0.5, 0.6) is 0 Å². The summed E-state index contributed by atoms with van der Waals surface area (Å²) >= 11 is 0. The first-order valence-electron chi connectivity index (χ1n) is 9.75. The molecule has 0 radical (unpaired) electrons. The van der Waals surface area contributed by atoms with E-state index in [4.69, 9.17) is 18.0 Å². The summed E-state index contributed by atoms with van der Waals surface area (Å²) in [5, 5.41) is 0. The highest BCUT2D eigenvalue weighted by Crippen LogP contribution is 2.45. The number of hydrogen-bond donors (Lipinski definition) is 0. The lowest BCUT2D eigenvalue weighted by Gasteiger charge is -2.36. The molecule has 0 aromatic heterocycles. The minimum atomic E-state index is -2.54. The van der Waals surface area contributed by atoms with Crippen LogP contribution >= 0.6 is 0 Å². The fraction of sp³-hybridized carbons (Fsp3) is 1.00. The summed E-state index contributed by atoms with van der Waals surface area (Å²) in [6, 6.07) is 0.977. The molecule has 5 heteroatoms. The highest BCUT2D eigenvalue weighted by molar-refractivity contribution is 6.60. The van der Waals surface area contributed by atoms with Gasteiger partial charge in [0.1, 0.15) is 0 Å². The first-order chi connectivity index (χ1) is 11.2. The third kappa shape index (κ3) is 5.53. The van der Waals surface area contributed by atoms with Crippen LogP contribution < -0.4 is 0 Å². The van der Waals surface area contributed by atoms with E-state index in [9.17, 15) is 0 Å². The third-order valence-electron chi connectivity index (χ3n) is 5.24. The van der Waals surface area contributed by atoms with Gasteiger partial charge >= 0.3 is 8.80 Å². The Bertz CT molecular complexity index is 322. The quantitative estimate of drug-likeness (QED) is 0.388. The Kier molecular flexibility index (Phi) is 8.02. The Labute approximate surface area is 143 Å². The molecule has 2 rings (SSSR count). The Morgan fingerprint density at radius 3 is 2.13 bits per heavy atom. The number of fused-ring (bicyclic) bond motifs is 1. The molecule has 4 atom stereocenters. The molecule has 0 aromatic carbocycles. The molecule has 0 spiro atoms. The van der Waals surface area contributed by atoms with E-state index in [0.717, 1.165) is 12.0 Å². The van der Waals surface area contributed by atoms with Gasteiger partial charge in [-0.25, -0.2) is 0 Å². The molecule has 136 valence electrons. The van der Waals surface area contributed by atoms with E-state index < -0.39 is 8.80 Å². The third-order valence-corrected chi connectivity index (χ3v) is 8.45. The van der Waals surface area contributed by atoms with Crippen molar-refractivity contribution in [2.45, 2.75) is 84.5 Å². The zero-order valence-electron chi connectivity index (χ0n) is 15.5. The van der Waals surface area contributed by atoms with Crippen LogP contribution in [0.15, 0.2) is 0 Å². The van der Waals surface area contributed by atoms with Crippen molar-refractivity contribution in [1.82, 2.24) is 0 Å². The maximum absolute atomic E-state index is 6.11. The predicted octanol–water partition coefficient (Wildman–Crippen LogP) is 4.41. The molecule has 1 aliphatic heterocycles. The minimum Gasteiger partial charge on any atom is -0.374 e. The molecule has 4 unspecified atom stereocenters. The number of ether oxygens (including phenoxy) is 1.